The number of carbonyl (C=O) groups is 1. The molecule has 0 aromatic rings. The van der Waals surface area contributed by atoms with Crippen molar-refractivity contribution in [2.24, 2.45) is 0 Å². The van der Waals surface area contributed by atoms with Gasteiger partial charge in [-0.25, -0.2) is 0 Å². The number of rotatable bonds is 6. The Labute approximate surface area is 95.5 Å². The van der Waals surface area contributed by atoms with E-state index >= 15 is 0 Å². The zero-order chi connectivity index (χ0) is 11.1. The summed E-state index contributed by atoms with van der Waals surface area (Å²) < 4.78 is 0. The lowest BCUT2D eigenvalue weighted by Gasteiger charge is -2.34. The molecule has 0 bridgehead atoms. The smallest absolute Gasteiger partial charge is 0.304 e. The minimum atomic E-state index is -0.684. The number of thioether (sulfide) groups is 1. The van der Waals surface area contributed by atoms with E-state index in [4.69, 9.17) is 5.11 Å². The highest BCUT2D eigenvalue weighted by atomic mass is 32.2. The standard InChI is InChI=1S/C11H19NO2S/c1-2-3-4-5-12-6-7-15-9-10(12)8-11(13)14/h2,10H,1,3-9H2,(H,13,14). The Hall–Kier alpha value is -0.480. The van der Waals surface area contributed by atoms with Crippen molar-refractivity contribution in [1.29, 1.82) is 0 Å². The third-order valence-electron chi connectivity index (χ3n) is 2.61. The van der Waals surface area contributed by atoms with E-state index < -0.39 is 5.97 Å². The summed E-state index contributed by atoms with van der Waals surface area (Å²) in [7, 11) is 0. The highest BCUT2D eigenvalue weighted by molar-refractivity contribution is 7.99. The van der Waals surface area contributed by atoms with E-state index in [1.165, 1.54) is 0 Å². The Morgan fingerprint density at radius 3 is 3.13 bits per heavy atom. The molecule has 0 aliphatic carbocycles. The van der Waals surface area contributed by atoms with Crippen LogP contribution in [0.15, 0.2) is 12.7 Å². The minimum Gasteiger partial charge on any atom is -0.481 e. The molecule has 1 aliphatic rings. The zero-order valence-electron chi connectivity index (χ0n) is 9.02. The van der Waals surface area contributed by atoms with E-state index in [1.807, 2.05) is 17.8 Å². The van der Waals surface area contributed by atoms with Gasteiger partial charge in [0.25, 0.3) is 0 Å². The lowest BCUT2D eigenvalue weighted by atomic mass is 10.1. The van der Waals surface area contributed by atoms with E-state index in [2.05, 4.69) is 11.5 Å². The van der Waals surface area contributed by atoms with Crippen molar-refractivity contribution in [1.82, 2.24) is 4.90 Å². The van der Waals surface area contributed by atoms with E-state index in [0.29, 0.717) is 0 Å². The van der Waals surface area contributed by atoms with E-state index in [-0.39, 0.29) is 12.5 Å². The summed E-state index contributed by atoms with van der Waals surface area (Å²) in [5.74, 6) is 1.40. The first-order valence-corrected chi connectivity index (χ1v) is 6.54. The molecule has 86 valence electrons. The van der Waals surface area contributed by atoms with Crippen molar-refractivity contribution in [2.75, 3.05) is 24.6 Å². The van der Waals surface area contributed by atoms with Crippen molar-refractivity contribution in [3.05, 3.63) is 12.7 Å². The van der Waals surface area contributed by atoms with Crippen molar-refractivity contribution >= 4 is 17.7 Å². The third kappa shape index (κ3) is 4.71. The molecule has 0 aromatic heterocycles. The van der Waals surface area contributed by atoms with E-state index in [9.17, 15) is 4.79 Å². The van der Waals surface area contributed by atoms with E-state index in [0.717, 1.165) is 37.4 Å². The molecule has 0 aromatic carbocycles. The molecule has 0 spiro atoms. The Kier molecular flexibility index (Phi) is 5.79. The number of carboxylic acids is 1. The van der Waals surface area contributed by atoms with Crippen LogP contribution >= 0.6 is 11.8 Å². The predicted octanol–water partition coefficient (Wildman–Crippen LogP) is 1.84. The second-order valence-electron chi connectivity index (χ2n) is 3.79. The molecule has 1 fully saturated rings. The normalized spacial score (nSPS) is 22.5. The average molecular weight is 229 g/mol. The number of carboxylic acid groups (broad SMARTS) is 1. The molecule has 4 heteroatoms. The van der Waals surface area contributed by atoms with Gasteiger partial charge in [0.15, 0.2) is 0 Å². The number of aliphatic carboxylic acids is 1. The van der Waals surface area contributed by atoms with Gasteiger partial charge in [-0.3, -0.25) is 9.69 Å². The Morgan fingerprint density at radius 1 is 1.67 bits per heavy atom. The fourth-order valence-corrected chi connectivity index (χ4v) is 2.94. The molecule has 1 saturated heterocycles. The molecule has 3 nitrogen and oxygen atoms in total. The van der Waals surface area contributed by atoms with Crippen LogP contribution in [0.3, 0.4) is 0 Å². The topological polar surface area (TPSA) is 40.5 Å². The van der Waals surface area contributed by atoms with Crippen LogP contribution in [0.4, 0.5) is 0 Å². The zero-order valence-corrected chi connectivity index (χ0v) is 9.84. The molecule has 0 saturated carbocycles. The molecule has 1 rings (SSSR count). The third-order valence-corrected chi connectivity index (χ3v) is 3.71. The van der Waals surface area contributed by atoms with Crippen molar-refractivity contribution in [3.8, 4) is 0 Å². The fourth-order valence-electron chi connectivity index (χ4n) is 1.81. The van der Waals surface area contributed by atoms with Gasteiger partial charge in [0, 0.05) is 24.1 Å². The first-order chi connectivity index (χ1) is 7.24. The van der Waals surface area contributed by atoms with Gasteiger partial charge in [0.1, 0.15) is 0 Å². The van der Waals surface area contributed by atoms with Gasteiger partial charge in [0.05, 0.1) is 6.42 Å². The van der Waals surface area contributed by atoms with Crippen LogP contribution in [0.1, 0.15) is 19.3 Å². The van der Waals surface area contributed by atoms with Crippen LogP contribution in [0.2, 0.25) is 0 Å². The van der Waals surface area contributed by atoms with Crippen LogP contribution in [-0.4, -0.2) is 46.6 Å². The summed E-state index contributed by atoms with van der Waals surface area (Å²) in [5, 5.41) is 8.80. The van der Waals surface area contributed by atoms with Gasteiger partial charge in [-0.1, -0.05) is 6.08 Å². The Bertz CT molecular complexity index is 221. The van der Waals surface area contributed by atoms with Gasteiger partial charge >= 0.3 is 5.97 Å². The second-order valence-corrected chi connectivity index (χ2v) is 4.94. The summed E-state index contributed by atoms with van der Waals surface area (Å²) in [6.45, 7) is 5.73. The summed E-state index contributed by atoms with van der Waals surface area (Å²) in [6.07, 6.45) is 4.31. The first kappa shape index (κ1) is 12.6. The van der Waals surface area contributed by atoms with Crippen molar-refractivity contribution in [2.45, 2.75) is 25.3 Å². The molecule has 15 heavy (non-hydrogen) atoms. The molecule has 0 radical (unpaired) electrons. The predicted molar refractivity (Wildman–Crippen MR) is 64.4 cm³/mol. The van der Waals surface area contributed by atoms with Gasteiger partial charge in [0.2, 0.25) is 0 Å². The van der Waals surface area contributed by atoms with Crippen molar-refractivity contribution in [3.63, 3.8) is 0 Å². The van der Waals surface area contributed by atoms with Gasteiger partial charge in [-0.05, 0) is 19.4 Å². The van der Waals surface area contributed by atoms with Gasteiger partial charge in [-0.2, -0.15) is 11.8 Å². The highest BCUT2D eigenvalue weighted by Crippen LogP contribution is 2.19. The van der Waals surface area contributed by atoms with Gasteiger partial charge < -0.3 is 5.11 Å². The number of hydrogen-bond donors (Lipinski definition) is 1. The molecule has 1 heterocycles. The Balaban J connectivity index is 2.35. The number of allylic oxidation sites excluding steroid dienone is 1. The molecular weight excluding hydrogens is 210 g/mol. The summed E-state index contributed by atoms with van der Waals surface area (Å²) in [4.78, 5) is 13.0. The minimum absolute atomic E-state index is 0.228. The molecule has 1 unspecified atom stereocenters. The van der Waals surface area contributed by atoms with Crippen LogP contribution < -0.4 is 0 Å². The number of unbranched alkanes of at least 4 members (excludes halogenated alkanes) is 1. The summed E-state index contributed by atoms with van der Waals surface area (Å²) >= 11 is 1.86. The quantitative estimate of drug-likeness (QED) is 0.557. The maximum atomic E-state index is 10.7. The largest absolute Gasteiger partial charge is 0.481 e. The lowest BCUT2D eigenvalue weighted by Crippen LogP contribution is -2.43. The maximum Gasteiger partial charge on any atom is 0.304 e. The number of nitrogens with zero attached hydrogens (tertiary/aromatic N) is 1. The lowest BCUT2D eigenvalue weighted by molar-refractivity contribution is -0.138. The second kappa shape index (κ2) is 6.90. The highest BCUT2D eigenvalue weighted by Gasteiger charge is 2.24. The fraction of sp³-hybridized carbons (Fsp3) is 0.727. The molecular formula is C11H19NO2S. The first-order valence-electron chi connectivity index (χ1n) is 5.38. The molecule has 0 amide bonds. The van der Waals surface area contributed by atoms with Gasteiger partial charge in [-0.15, -0.1) is 6.58 Å². The summed E-state index contributed by atoms with van der Waals surface area (Å²) in [6, 6.07) is 0.228. The monoisotopic (exact) mass is 229 g/mol. The van der Waals surface area contributed by atoms with Crippen LogP contribution in [0.25, 0.3) is 0 Å². The molecule has 1 N–H and O–H groups in total. The van der Waals surface area contributed by atoms with Crippen molar-refractivity contribution < 1.29 is 9.90 Å². The van der Waals surface area contributed by atoms with Crippen LogP contribution in [0.5, 0.6) is 0 Å². The molecule has 1 aliphatic heterocycles. The maximum absolute atomic E-state index is 10.7. The summed E-state index contributed by atoms with van der Waals surface area (Å²) in [5.41, 5.74) is 0. The molecule has 1 atom stereocenters. The van der Waals surface area contributed by atoms with Crippen LogP contribution in [0, 0.1) is 0 Å². The average Bonchev–Trinajstić information content (AvgIpc) is 2.20. The van der Waals surface area contributed by atoms with E-state index in [1.54, 1.807) is 0 Å². The Morgan fingerprint density at radius 2 is 2.47 bits per heavy atom. The van der Waals surface area contributed by atoms with Crippen LogP contribution in [-0.2, 0) is 4.79 Å². The number of hydrogen-bond acceptors (Lipinski definition) is 3. The SMILES string of the molecule is C=CCCCN1CCSCC1CC(=O)O.